The number of carbonyl (C=O) groups is 3. The number of piperidine rings is 1. The van der Waals surface area contributed by atoms with Crippen LogP contribution in [0.1, 0.15) is 83.9 Å². The predicted octanol–water partition coefficient (Wildman–Crippen LogP) is 8.00. The van der Waals surface area contributed by atoms with Gasteiger partial charge in [-0.1, -0.05) is 25.4 Å². The number of carboxylic acid groups (broad SMARTS) is 1. The maximum Gasteiger partial charge on any atom is 0.431 e. The number of hydrogen-bond donors (Lipinski definition) is 3. The average molecular weight is 817 g/mol. The van der Waals surface area contributed by atoms with E-state index < -0.39 is 83.7 Å². The number of nitrogens with one attached hydrogen (secondary N) is 2. The lowest BCUT2D eigenvalue weighted by molar-refractivity contribution is -0.185. The second kappa shape index (κ2) is 17.8. The van der Waals surface area contributed by atoms with Crippen molar-refractivity contribution in [3.63, 3.8) is 0 Å². The van der Waals surface area contributed by atoms with Crippen LogP contribution in [0.5, 0.6) is 0 Å². The lowest BCUT2D eigenvalue weighted by atomic mass is 9.90. The lowest BCUT2D eigenvalue weighted by Crippen LogP contribution is -2.50. The Hall–Kier alpha value is -4.44. The Morgan fingerprint density at radius 3 is 2.05 bits per heavy atom. The molecule has 0 bridgehead atoms. The molecule has 306 valence electrons. The Kier molecular flexibility index (Phi) is 14.1. The van der Waals surface area contributed by atoms with Crippen LogP contribution in [0.4, 0.5) is 30.7 Å². The van der Waals surface area contributed by atoms with E-state index in [9.17, 15) is 50.6 Å². The summed E-state index contributed by atoms with van der Waals surface area (Å²) in [7, 11) is 0. The molecule has 2 aromatic carbocycles. The van der Waals surface area contributed by atoms with Crippen molar-refractivity contribution in [3.05, 3.63) is 91.1 Å². The normalized spacial score (nSPS) is 15.5. The third-order valence-corrected chi connectivity index (χ3v) is 10.1. The third kappa shape index (κ3) is 10.9. The summed E-state index contributed by atoms with van der Waals surface area (Å²) in [6.45, 7) is 7.61. The predicted molar refractivity (Wildman–Crippen MR) is 196 cm³/mol. The number of alkyl halides is 6. The monoisotopic (exact) mass is 816 g/mol. The summed E-state index contributed by atoms with van der Waals surface area (Å²) in [5.74, 6) is -6.11. The van der Waals surface area contributed by atoms with Gasteiger partial charge in [0.25, 0.3) is 11.5 Å². The first kappa shape index (κ1) is 44.3. The van der Waals surface area contributed by atoms with Crippen LogP contribution in [0.2, 0.25) is 5.02 Å². The van der Waals surface area contributed by atoms with Crippen LogP contribution in [0, 0.1) is 38.4 Å². The summed E-state index contributed by atoms with van der Waals surface area (Å²) in [4.78, 5) is 54.4. The topological polar surface area (TPSA) is 121 Å². The number of amides is 2. The molecule has 0 unspecified atom stereocenters. The van der Waals surface area contributed by atoms with Gasteiger partial charge in [-0.3, -0.25) is 19.2 Å². The van der Waals surface area contributed by atoms with Crippen LogP contribution in [0.3, 0.4) is 0 Å². The molecule has 0 spiro atoms. The summed E-state index contributed by atoms with van der Waals surface area (Å²) < 4.78 is 97.6. The molecule has 2 heterocycles. The largest absolute Gasteiger partial charge is 0.481 e. The Bertz CT molecular complexity index is 1980. The fourth-order valence-corrected chi connectivity index (χ4v) is 7.46. The van der Waals surface area contributed by atoms with E-state index in [2.05, 4.69) is 10.6 Å². The van der Waals surface area contributed by atoms with Crippen molar-refractivity contribution in [2.45, 2.75) is 91.3 Å². The summed E-state index contributed by atoms with van der Waals surface area (Å²) in [6.07, 6.45) is -10.7. The number of aromatic nitrogens is 1. The van der Waals surface area contributed by atoms with E-state index >= 15 is 4.39 Å². The van der Waals surface area contributed by atoms with Gasteiger partial charge < -0.3 is 25.2 Å². The van der Waals surface area contributed by atoms with E-state index in [1.165, 1.54) is 17.9 Å². The smallest absolute Gasteiger partial charge is 0.431 e. The molecule has 3 aromatic rings. The van der Waals surface area contributed by atoms with Crippen LogP contribution in [0.25, 0.3) is 11.1 Å². The molecule has 9 nitrogen and oxygen atoms in total. The molecule has 0 radical (unpaired) electrons. The highest BCUT2D eigenvalue weighted by Gasteiger charge is 2.41. The molecule has 1 saturated heterocycles. The molecule has 1 aromatic heterocycles. The fourth-order valence-electron chi connectivity index (χ4n) is 7.13. The molecule has 1 aliphatic rings. The molecule has 2 amide bonds. The Balaban J connectivity index is 1.63. The number of aryl methyl sites for hydroxylation is 3. The van der Waals surface area contributed by atoms with E-state index in [-0.39, 0.29) is 55.9 Å². The second-order valence-corrected chi connectivity index (χ2v) is 15.1. The minimum absolute atomic E-state index is 0.0521. The number of nitrogens with zero attached hydrogens (tertiary/aromatic N) is 2. The molecule has 1 aliphatic heterocycles. The summed E-state index contributed by atoms with van der Waals surface area (Å²) in [6, 6.07) is 4.76. The SMILES string of the molecule is Cc1cc(-c2c(C)cc(Cl)cc2C)cc([C@H](CC(=O)O)NC(=O)[C@H](CC(C)C)NC(=O)c2ccc(C(F)(F)F)n(CCN3CCC(C(F)(F)F)CC3)c2=O)c1F. The Labute approximate surface area is 324 Å². The van der Waals surface area contributed by atoms with Crippen molar-refractivity contribution >= 4 is 29.4 Å². The Morgan fingerprint density at radius 2 is 1.52 bits per heavy atom. The zero-order valence-corrected chi connectivity index (χ0v) is 32.2. The highest BCUT2D eigenvalue weighted by Crippen LogP contribution is 2.36. The van der Waals surface area contributed by atoms with Gasteiger partial charge >= 0.3 is 18.3 Å². The van der Waals surface area contributed by atoms with E-state index in [0.717, 1.165) is 16.7 Å². The second-order valence-electron chi connectivity index (χ2n) is 14.7. The maximum absolute atomic E-state index is 15.8. The molecule has 0 aliphatic carbocycles. The average Bonchev–Trinajstić information content (AvgIpc) is 3.06. The van der Waals surface area contributed by atoms with Gasteiger partial charge in [-0.2, -0.15) is 26.3 Å². The molecular weight excluding hydrogens is 773 g/mol. The van der Waals surface area contributed by atoms with E-state index in [4.69, 9.17) is 11.6 Å². The standard InChI is InChI=1S/C39H44ClF7N4O5/c1-20(2)14-30(36(55)48-29(19-32(52)53)28-18-24(15-23(5)34(28)41)33-21(3)16-26(40)17-22(33)4)49-35(54)27-6-7-31(39(45,46)47)51(37(27)56)13-12-50-10-8-25(9-11-50)38(42,43)44/h6-7,15-18,20,25,29-30H,8-14,19H2,1-5H3,(H,48,55)(H,49,54)(H,52,53)/t29-,30-/m0/s1. The number of likely N-dealkylation sites (tertiary alicyclic amines) is 1. The minimum Gasteiger partial charge on any atom is -0.481 e. The van der Waals surface area contributed by atoms with Crippen molar-refractivity contribution in [1.29, 1.82) is 0 Å². The van der Waals surface area contributed by atoms with Crippen LogP contribution in [0.15, 0.2) is 41.2 Å². The zero-order chi connectivity index (χ0) is 41.9. The number of benzene rings is 2. The summed E-state index contributed by atoms with van der Waals surface area (Å²) >= 11 is 6.21. The van der Waals surface area contributed by atoms with Crippen molar-refractivity contribution < 1.29 is 50.2 Å². The van der Waals surface area contributed by atoms with Gasteiger partial charge in [-0.05, 0) is 123 Å². The third-order valence-electron chi connectivity index (χ3n) is 9.87. The number of carboxylic acids is 1. The van der Waals surface area contributed by atoms with Gasteiger partial charge in [-0.15, -0.1) is 0 Å². The molecular formula is C39H44ClF7N4O5. The first-order valence-electron chi connectivity index (χ1n) is 18.0. The molecule has 4 rings (SSSR count). The van der Waals surface area contributed by atoms with E-state index in [0.29, 0.717) is 27.3 Å². The van der Waals surface area contributed by atoms with Crippen LogP contribution < -0.4 is 16.2 Å². The van der Waals surface area contributed by atoms with Gasteiger partial charge in [-0.25, -0.2) is 4.39 Å². The number of aliphatic carboxylic acids is 1. The van der Waals surface area contributed by atoms with Crippen molar-refractivity contribution in [1.82, 2.24) is 20.1 Å². The fraction of sp³-hybridized carbons (Fsp3) is 0.487. The van der Waals surface area contributed by atoms with E-state index in [1.54, 1.807) is 45.9 Å². The molecule has 2 atom stereocenters. The number of pyridine rings is 1. The first-order valence-corrected chi connectivity index (χ1v) is 18.4. The lowest BCUT2D eigenvalue weighted by Gasteiger charge is -2.33. The van der Waals surface area contributed by atoms with Crippen LogP contribution in [-0.2, 0) is 22.3 Å². The first-order chi connectivity index (χ1) is 26.0. The number of halogens is 8. The summed E-state index contributed by atoms with van der Waals surface area (Å²) in [5, 5.41) is 15.2. The van der Waals surface area contributed by atoms with E-state index in [1.807, 2.05) is 0 Å². The molecule has 56 heavy (non-hydrogen) atoms. The molecule has 17 heteroatoms. The maximum atomic E-state index is 15.8. The molecule has 3 N–H and O–H groups in total. The highest BCUT2D eigenvalue weighted by molar-refractivity contribution is 6.30. The quantitative estimate of drug-likeness (QED) is 0.151. The van der Waals surface area contributed by atoms with Crippen LogP contribution >= 0.6 is 11.6 Å². The number of hydrogen-bond acceptors (Lipinski definition) is 5. The number of carbonyl (C=O) groups excluding carboxylic acids is 2. The van der Waals surface area contributed by atoms with Crippen molar-refractivity contribution in [3.8, 4) is 11.1 Å². The van der Waals surface area contributed by atoms with Gasteiger partial charge in [0, 0.05) is 23.7 Å². The Morgan fingerprint density at radius 1 is 0.911 bits per heavy atom. The van der Waals surface area contributed by atoms with Crippen LogP contribution in [-0.4, -0.2) is 64.2 Å². The molecule has 0 saturated carbocycles. The number of rotatable bonds is 13. The van der Waals surface area contributed by atoms with Gasteiger partial charge in [0.15, 0.2) is 0 Å². The van der Waals surface area contributed by atoms with Crippen molar-refractivity contribution in [2.75, 3.05) is 19.6 Å². The highest BCUT2D eigenvalue weighted by atomic mass is 35.5. The van der Waals surface area contributed by atoms with Crippen molar-refractivity contribution in [2.24, 2.45) is 11.8 Å². The molecule has 1 fully saturated rings. The minimum atomic E-state index is -5.02. The van der Waals surface area contributed by atoms with Gasteiger partial charge in [0.05, 0.1) is 18.4 Å². The summed E-state index contributed by atoms with van der Waals surface area (Å²) in [5.41, 5.74) is -0.654. The van der Waals surface area contributed by atoms with Gasteiger partial charge in [0.2, 0.25) is 5.91 Å². The van der Waals surface area contributed by atoms with Gasteiger partial charge in [0.1, 0.15) is 23.1 Å². The zero-order valence-electron chi connectivity index (χ0n) is 31.4.